The van der Waals surface area contributed by atoms with Crippen molar-refractivity contribution in [1.29, 1.82) is 0 Å². The minimum absolute atomic E-state index is 0.200. The summed E-state index contributed by atoms with van der Waals surface area (Å²) in [5.74, 6) is 2.06. The topological polar surface area (TPSA) is 49.8 Å². The van der Waals surface area contributed by atoms with Gasteiger partial charge in [-0.15, -0.1) is 0 Å². The third kappa shape index (κ3) is 4.20. The minimum Gasteiger partial charge on any atom is -0.490 e. The Kier molecular flexibility index (Phi) is 5.68. The Morgan fingerprint density at radius 2 is 1.70 bits per heavy atom. The second kappa shape index (κ2) is 8.58. The number of carboxylic acid groups (broad SMARTS) is 1. The molecule has 1 N–H and O–H groups in total. The number of ether oxygens (including phenoxy) is 1. The van der Waals surface area contributed by atoms with Gasteiger partial charge >= 0.3 is 5.97 Å². The number of likely N-dealkylation sites (tertiary alicyclic amines) is 1. The number of hydrogen-bond donors (Lipinski definition) is 1. The summed E-state index contributed by atoms with van der Waals surface area (Å²) in [4.78, 5) is 13.2. The summed E-state index contributed by atoms with van der Waals surface area (Å²) in [5, 5.41) is 11.4. The molecule has 0 bridgehead atoms. The molecule has 2 saturated carbocycles. The smallest absolute Gasteiger partial charge is 0.309 e. The van der Waals surface area contributed by atoms with E-state index >= 15 is 0 Å². The van der Waals surface area contributed by atoms with Crippen molar-refractivity contribution in [1.82, 2.24) is 4.90 Å². The molecule has 3 aliphatic rings. The van der Waals surface area contributed by atoms with Crippen molar-refractivity contribution in [3.05, 3.63) is 42.0 Å². The van der Waals surface area contributed by atoms with Gasteiger partial charge in [-0.25, -0.2) is 0 Å². The Morgan fingerprint density at radius 1 is 0.967 bits per heavy atom. The number of nitrogens with zero attached hydrogens (tertiary/aromatic N) is 1. The highest BCUT2D eigenvalue weighted by Gasteiger charge is 2.32. The summed E-state index contributed by atoms with van der Waals surface area (Å²) in [6.07, 6.45) is 11.2. The molecule has 1 aliphatic heterocycles. The maximum atomic E-state index is 11.0. The van der Waals surface area contributed by atoms with Crippen LogP contribution in [0.4, 0.5) is 0 Å². The van der Waals surface area contributed by atoms with E-state index in [2.05, 4.69) is 41.3 Å². The van der Waals surface area contributed by atoms with Crippen LogP contribution < -0.4 is 4.74 Å². The summed E-state index contributed by atoms with van der Waals surface area (Å²) in [5.41, 5.74) is 1.24. The van der Waals surface area contributed by atoms with Crippen molar-refractivity contribution in [2.45, 2.75) is 64.0 Å². The Hall–Kier alpha value is -2.07. The fourth-order valence-corrected chi connectivity index (χ4v) is 5.90. The molecule has 0 amide bonds. The zero-order valence-corrected chi connectivity index (χ0v) is 17.8. The van der Waals surface area contributed by atoms with E-state index in [1.807, 2.05) is 0 Å². The molecule has 1 heterocycles. The molecule has 4 nitrogen and oxygen atoms in total. The number of fused-ring (bicyclic) bond motifs is 1. The highest BCUT2D eigenvalue weighted by molar-refractivity contribution is 5.88. The molecule has 2 aliphatic carbocycles. The van der Waals surface area contributed by atoms with Gasteiger partial charge < -0.3 is 9.84 Å². The van der Waals surface area contributed by atoms with Crippen LogP contribution in [0.25, 0.3) is 10.8 Å². The number of rotatable bonds is 6. The molecule has 2 aromatic rings. The largest absolute Gasteiger partial charge is 0.490 e. The van der Waals surface area contributed by atoms with Crippen molar-refractivity contribution < 1.29 is 14.6 Å². The Morgan fingerprint density at radius 3 is 2.43 bits per heavy atom. The maximum absolute atomic E-state index is 11.0. The highest BCUT2D eigenvalue weighted by atomic mass is 16.5. The van der Waals surface area contributed by atoms with E-state index in [0.29, 0.717) is 19.2 Å². The quantitative estimate of drug-likeness (QED) is 0.688. The molecule has 2 aromatic carbocycles. The molecule has 0 radical (unpaired) electrons. The summed E-state index contributed by atoms with van der Waals surface area (Å²) in [6, 6.07) is 12.9. The number of hydrogen-bond acceptors (Lipinski definition) is 3. The summed E-state index contributed by atoms with van der Waals surface area (Å²) in [7, 11) is 0. The van der Waals surface area contributed by atoms with E-state index < -0.39 is 5.97 Å². The molecule has 1 saturated heterocycles. The fourth-order valence-electron chi connectivity index (χ4n) is 5.90. The first-order valence-electron chi connectivity index (χ1n) is 11.8. The van der Waals surface area contributed by atoms with Crippen LogP contribution in [-0.2, 0) is 11.3 Å². The van der Waals surface area contributed by atoms with Gasteiger partial charge in [-0.2, -0.15) is 0 Å². The van der Waals surface area contributed by atoms with Crippen LogP contribution in [0.5, 0.6) is 5.75 Å². The molecule has 0 aromatic heterocycles. The first-order chi connectivity index (χ1) is 14.7. The van der Waals surface area contributed by atoms with Gasteiger partial charge in [0.05, 0.1) is 12.0 Å². The van der Waals surface area contributed by atoms with Crippen LogP contribution in [0.3, 0.4) is 0 Å². The monoisotopic (exact) mass is 407 g/mol. The van der Waals surface area contributed by atoms with Crippen molar-refractivity contribution in [3.8, 4) is 5.75 Å². The van der Waals surface area contributed by atoms with Gasteiger partial charge in [-0.1, -0.05) is 49.9 Å². The van der Waals surface area contributed by atoms with Crippen LogP contribution in [0.1, 0.15) is 56.9 Å². The van der Waals surface area contributed by atoms with E-state index in [1.165, 1.54) is 67.7 Å². The van der Waals surface area contributed by atoms with E-state index in [-0.39, 0.29) is 5.92 Å². The molecule has 160 valence electrons. The second-order valence-corrected chi connectivity index (χ2v) is 9.74. The molecular formula is C26H33NO3. The highest BCUT2D eigenvalue weighted by Crippen LogP contribution is 2.40. The van der Waals surface area contributed by atoms with Gasteiger partial charge in [0.1, 0.15) is 5.75 Å². The number of carbonyl (C=O) groups is 1. The lowest BCUT2D eigenvalue weighted by Crippen LogP contribution is -2.49. The van der Waals surface area contributed by atoms with Crippen molar-refractivity contribution in [2.24, 2.45) is 17.8 Å². The maximum Gasteiger partial charge on any atom is 0.309 e. The number of carboxylic acids is 1. The van der Waals surface area contributed by atoms with E-state index in [4.69, 9.17) is 9.84 Å². The summed E-state index contributed by atoms with van der Waals surface area (Å²) >= 11 is 0. The molecule has 3 fully saturated rings. The average Bonchev–Trinajstić information content (AvgIpc) is 3.25. The molecule has 0 atom stereocenters. The van der Waals surface area contributed by atoms with Gasteiger partial charge in [-0.3, -0.25) is 9.69 Å². The fraction of sp³-hybridized carbons (Fsp3) is 0.577. The number of aliphatic carboxylic acids is 1. The third-order valence-corrected chi connectivity index (χ3v) is 7.70. The molecular weight excluding hydrogens is 374 g/mol. The Balaban J connectivity index is 1.21. The van der Waals surface area contributed by atoms with Gasteiger partial charge in [0, 0.05) is 25.0 Å². The first-order valence-corrected chi connectivity index (χ1v) is 11.8. The van der Waals surface area contributed by atoms with Crippen molar-refractivity contribution in [3.63, 3.8) is 0 Å². The average molecular weight is 408 g/mol. The lowest BCUT2D eigenvalue weighted by atomic mass is 9.78. The van der Waals surface area contributed by atoms with Crippen molar-refractivity contribution >= 4 is 16.7 Å². The molecule has 4 heteroatoms. The Labute approximate surface area is 179 Å². The van der Waals surface area contributed by atoms with Crippen LogP contribution in [0, 0.1) is 17.8 Å². The molecule has 0 spiro atoms. The van der Waals surface area contributed by atoms with Gasteiger partial charge in [-0.05, 0) is 60.6 Å². The zero-order valence-electron chi connectivity index (χ0n) is 17.8. The van der Waals surface area contributed by atoms with Gasteiger partial charge in [0.25, 0.3) is 0 Å². The van der Waals surface area contributed by atoms with Crippen LogP contribution in [0.15, 0.2) is 36.4 Å². The van der Waals surface area contributed by atoms with Crippen LogP contribution in [-0.4, -0.2) is 35.2 Å². The third-order valence-electron chi connectivity index (χ3n) is 7.70. The van der Waals surface area contributed by atoms with Gasteiger partial charge in [0.15, 0.2) is 0 Å². The first kappa shape index (κ1) is 19.9. The minimum atomic E-state index is -0.677. The standard InChI is InChI=1S/C26H33NO3/c28-26(29)22-16-27(17-22)15-18-8-13-24-21(14-18)6-3-7-25(24)30-23-11-9-20(10-12-23)19-4-1-2-5-19/h3,6-8,13-14,19-20,22-23H,1-2,4-5,9-12,15-17H2,(H,28,29). The van der Waals surface area contributed by atoms with Crippen molar-refractivity contribution in [2.75, 3.05) is 13.1 Å². The van der Waals surface area contributed by atoms with E-state index in [1.54, 1.807) is 0 Å². The van der Waals surface area contributed by atoms with Crippen LogP contribution in [0.2, 0.25) is 0 Å². The lowest BCUT2D eigenvalue weighted by molar-refractivity contribution is -0.147. The van der Waals surface area contributed by atoms with Crippen LogP contribution >= 0.6 is 0 Å². The van der Waals surface area contributed by atoms with E-state index in [9.17, 15) is 4.79 Å². The predicted octanol–water partition coefficient (Wildman–Crippen LogP) is 5.48. The molecule has 5 rings (SSSR count). The zero-order chi connectivity index (χ0) is 20.5. The SMILES string of the molecule is O=C(O)C1CN(Cc2ccc3c(OC4CCC(C5CCCC5)CC4)cccc3c2)C1. The van der Waals surface area contributed by atoms with E-state index in [0.717, 1.165) is 24.1 Å². The number of benzene rings is 2. The predicted molar refractivity (Wildman–Crippen MR) is 119 cm³/mol. The normalized spacial score (nSPS) is 26.0. The Bertz CT molecular complexity index is 890. The van der Waals surface area contributed by atoms with Gasteiger partial charge in [0.2, 0.25) is 0 Å². The summed E-state index contributed by atoms with van der Waals surface area (Å²) in [6.45, 7) is 2.12. The second-order valence-electron chi connectivity index (χ2n) is 9.74. The molecule has 30 heavy (non-hydrogen) atoms. The lowest BCUT2D eigenvalue weighted by Gasteiger charge is -2.36. The summed E-state index contributed by atoms with van der Waals surface area (Å²) < 4.78 is 6.50. The molecule has 0 unspecified atom stereocenters.